The molecule has 0 spiro atoms. The normalized spacial score (nSPS) is 21.8. The molecule has 0 saturated heterocycles. The smallest absolute Gasteiger partial charge is 0.309 e. The molecule has 0 N–H and O–H groups in total. The van der Waals surface area contributed by atoms with E-state index >= 15 is 0 Å². The Morgan fingerprint density at radius 3 is 3.09 bits per heavy atom. The molecule has 2 heterocycles. The van der Waals surface area contributed by atoms with Gasteiger partial charge in [0.25, 0.3) is 0 Å². The Hall–Kier alpha value is -2.50. The van der Waals surface area contributed by atoms with Gasteiger partial charge in [-0.25, -0.2) is 0 Å². The maximum atomic E-state index is 12.2. The predicted molar refractivity (Wildman–Crippen MR) is 81.3 cm³/mol. The monoisotopic (exact) mass is 314 g/mol. The van der Waals surface area contributed by atoms with Crippen LogP contribution in [-0.4, -0.2) is 29.0 Å². The summed E-state index contributed by atoms with van der Waals surface area (Å²) in [7, 11) is 1.87. The van der Waals surface area contributed by atoms with Gasteiger partial charge in [0.2, 0.25) is 0 Å². The number of rotatable bonds is 4. The Morgan fingerprint density at radius 2 is 2.26 bits per heavy atom. The van der Waals surface area contributed by atoms with Gasteiger partial charge in [-0.2, -0.15) is 5.10 Å². The second-order valence-electron chi connectivity index (χ2n) is 5.95. The van der Waals surface area contributed by atoms with Crippen LogP contribution in [0.15, 0.2) is 30.6 Å². The molecule has 120 valence electrons. The van der Waals surface area contributed by atoms with Crippen molar-refractivity contribution >= 4 is 5.97 Å². The number of para-hydroxylation sites is 1. The molecule has 2 aliphatic rings. The fourth-order valence-corrected chi connectivity index (χ4v) is 2.96. The number of aryl methyl sites for hydroxylation is 1. The van der Waals surface area contributed by atoms with Crippen LogP contribution in [0, 0.1) is 5.92 Å². The van der Waals surface area contributed by atoms with Gasteiger partial charge in [0.1, 0.15) is 19.8 Å². The van der Waals surface area contributed by atoms with Crippen LogP contribution in [0.1, 0.15) is 23.5 Å². The van der Waals surface area contributed by atoms with Crippen LogP contribution in [0.2, 0.25) is 0 Å². The fourth-order valence-electron chi connectivity index (χ4n) is 2.96. The minimum atomic E-state index is -0.159. The summed E-state index contributed by atoms with van der Waals surface area (Å²) in [5.74, 6) is 1.42. The van der Waals surface area contributed by atoms with Crippen molar-refractivity contribution in [2.24, 2.45) is 13.0 Å². The lowest BCUT2D eigenvalue weighted by Gasteiger charge is -2.20. The third-order valence-electron chi connectivity index (χ3n) is 4.26. The third-order valence-corrected chi connectivity index (χ3v) is 4.26. The molecule has 6 nitrogen and oxygen atoms in total. The van der Waals surface area contributed by atoms with Crippen molar-refractivity contribution in [3.05, 3.63) is 41.7 Å². The molecule has 0 bridgehead atoms. The lowest BCUT2D eigenvalue weighted by Crippen LogP contribution is -2.17. The zero-order chi connectivity index (χ0) is 15.8. The van der Waals surface area contributed by atoms with E-state index in [0.717, 1.165) is 17.5 Å². The average Bonchev–Trinajstić information content (AvgIpc) is 3.27. The zero-order valence-electron chi connectivity index (χ0n) is 12.9. The first-order valence-electron chi connectivity index (χ1n) is 7.75. The van der Waals surface area contributed by atoms with E-state index < -0.39 is 0 Å². The molecule has 1 aliphatic carbocycles. The third kappa shape index (κ3) is 2.76. The quantitative estimate of drug-likeness (QED) is 0.808. The summed E-state index contributed by atoms with van der Waals surface area (Å²) in [6.45, 7) is 1.27. The van der Waals surface area contributed by atoms with E-state index in [4.69, 9.17) is 14.2 Å². The number of hydrogen-bond donors (Lipinski definition) is 0. The van der Waals surface area contributed by atoms with Crippen molar-refractivity contribution in [1.29, 1.82) is 0 Å². The molecule has 0 amide bonds. The number of aromatic nitrogens is 2. The van der Waals surface area contributed by atoms with Gasteiger partial charge in [0.15, 0.2) is 11.5 Å². The van der Waals surface area contributed by atoms with Gasteiger partial charge in [0.05, 0.1) is 12.1 Å². The van der Waals surface area contributed by atoms with E-state index in [1.54, 1.807) is 4.68 Å². The Bertz CT molecular complexity index is 740. The Kier molecular flexibility index (Phi) is 3.44. The Morgan fingerprint density at radius 1 is 1.39 bits per heavy atom. The molecule has 2 atom stereocenters. The van der Waals surface area contributed by atoms with E-state index in [0.29, 0.717) is 24.7 Å². The number of ether oxygens (including phenoxy) is 3. The summed E-state index contributed by atoms with van der Waals surface area (Å²) in [4.78, 5) is 12.2. The highest BCUT2D eigenvalue weighted by Gasteiger charge is 2.45. The molecule has 1 fully saturated rings. The molecule has 23 heavy (non-hydrogen) atoms. The molecule has 1 aromatic carbocycles. The molecule has 4 rings (SSSR count). The largest absolute Gasteiger partial charge is 0.486 e. The van der Waals surface area contributed by atoms with E-state index in [9.17, 15) is 4.79 Å². The lowest BCUT2D eigenvalue weighted by molar-refractivity contribution is -0.146. The Balaban J connectivity index is 1.38. The summed E-state index contributed by atoms with van der Waals surface area (Å²) >= 11 is 0. The molecule has 2 unspecified atom stereocenters. The number of hydrogen-bond acceptors (Lipinski definition) is 5. The van der Waals surface area contributed by atoms with Crippen molar-refractivity contribution in [3.8, 4) is 11.5 Å². The molecule has 1 aliphatic heterocycles. The molecular formula is C17H18N2O4. The van der Waals surface area contributed by atoms with Crippen molar-refractivity contribution in [1.82, 2.24) is 9.78 Å². The summed E-state index contributed by atoms with van der Waals surface area (Å²) in [6, 6.07) is 5.64. The standard InChI is InChI=1S/C17H18N2O4/c1-19-9-12(8-18-19)13-7-14(13)17(20)23-10-11-3-2-4-15-16(11)22-6-5-21-15/h2-4,8-9,13-14H,5-7,10H2,1H3. The molecular weight excluding hydrogens is 296 g/mol. The maximum Gasteiger partial charge on any atom is 0.309 e. The average molecular weight is 314 g/mol. The molecule has 2 aromatic rings. The van der Waals surface area contributed by atoms with E-state index in [2.05, 4.69) is 5.10 Å². The SMILES string of the molecule is Cn1cc(C2CC2C(=O)OCc2cccc3c2OCCO3)cn1. The number of nitrogens with zero attached hydrogens (tertiary/aromatic N) is 2. The number of benzene rings is 1. The summed E-state index contributed by atoms with van der Waals surface area (Å²) < 4.78 is 18.4. The predicted octanol–water partition coefficient (Wildman–Crippen LogP) is 2.04. The van der Waals surface area contributed by atoms with Crippen molar-refractivity contribution in [3.63, 3.8) is 0 Å². The van der Waals surface area contributed by atoms with Crippen molar-refractivity contribution < 1.29 is 19.0 Å². The topological polar surface area (TPSA) is 62.6 Å². The van der Waals surface area contributed by atoms with Crippen LogP contribution in [-0.2, 0) is 23.2 Å². The first-order valence-corrected chi connectivity index (χ1v) is 7.75. The second-order valence-corrected chi connectivity index (χ2v) is 5.95. The highest BCUT2D eigenvalue weighted by molar-refractivity contribution is 5.77. The van der Waals surface area contributed by atoms with Crippen molar-refractivity contribution in [2.75, 3.05) is 13.2 Å². The van der Waals surface area contributed by atoms with E-state index in [1.807, 2.05) is 37.6 Å². The van der Waals surface area contributed by atoms with E-state index in [1.165, 1.54) is 0 Å². The van der Waals surface area contributed by atoms with Gasteiger partial charge >= 0.3 is 5.97 Å². The summed E-state index contributed by atoms with van der Waals surface area (Å²) in [5.41, 5.74) is 1.94. The first-order chi connectivity index (χ1) is 11.2. The van der Waals surface area contributed by atoms with Gasteiger partial charge in [-0.1, -0.05) is 12.1 Å². The molecule has 1 aromatic heterocycles. The van der Waals surface area contributed by atoms with Crippen LogP contribution in [0.3, 0.4) is 0 Å². The highest BCUT2D eigenvalue weighted by Crippen LogP contribution is 2.48. The molecule has 0 radical (unpaired) electrons. The number of esters is 1. The highest BCUT2D eigenvalue weighted by atomic mass is 16.6. The van der Waals surface area contributed by atoms with Gasteiger partial charge in [-0.15, -0.1) is 0 Å². The van der Waals surface area contributed by atoms with Crippen LogP contribution in [0.4, 0.5) is 0 Å². The van der Waals surface area contributed by atoms with Gasteiger partial charge in [-0.05, 0) is 18.1 Å². The van der Waals surface area contributed by atoms with Crippen LogP contribution < -0.4 is 9.47 Å². The van der Waals surface area contributed by atoms with Gasteiger partial charge < -0.3 is 14.2 Å². The van der Waals surface area contributed by atoms with Crippen molar-refractivity contribution in [2.45, 2.75) is 18.9 Å². The summed E-state index contributed by atoms with van der Waals surface area (Å²) in [5, 5.41) is 4.15. The van der Waals surface area contributed by atoms with Gasteiger partial charge in [0, 0.05) is 24.7 Å². The van der Waals surface area contributed by atoms with Crippen LogP contribution in [0.5, 0.6) is 11.5 Å². The minimum Gasteiger partial charge on any atom is -0.486 e. The van der Waals surface area contributed by atoms with Gasteiger partial charge in [-0.3, -0.25) is 9.48 Å². The number of carbonyl (C=O) groups excluding carboxylic acids is 1. The Labute approximate surface area is 134 Å². The lowest BCUT2D eigenvalue weighted by atomic mass is 10.2. The number of carbonyl (C=O) groups is 1. The fraction of sp³-hybridized carbons (Fsp3) is 0.412. The zero-order valence-corrected chi connectivity index (χ0v) is 12.9. The van der Waals surface area contributed by atoms with E-state index in [-0.39, 0.29) is 24.4 Å². The molecule has 1 saturated carbocycles. The minimum absolute atomic E-state index is 0.0593. The number of fused-ring (bicyclic) bond motifs is 1. The summed E-state index contributed by atoms with van der Waals surface area (Å²) in [6.07, 6.45) is 4.60. The van der Waals surface area contributed by atoms with Crippen LogP contribution in [0.25, 0.3) is 0 Å². The van der Waals surface area contributed by atoms with Crippen LogP contribution >= 0.6 is 0 Å². The maximum absolute atomic E-state index is 12.2. The second kappa shape index (κ2) is 5.61. The first kappa shape index (κ1) is 14.1. The molecule has 6 heteroatoms.